The molecule has 0 atom stereocenters. The van der Waals surface area contributed by atoms with E-state index >= 15 is 0 Å². The first-order valence-corrected chi connectivity index (χ1v) is 7.92. The highest BCUT2D eigenvalue weighted by Gasteiger charge is 2.12. The molecule has 0 saturated heterocycles. The quantitative estimate of drug-likeness (QED) is 0.623. The lowest BCUT2D eigenvalue weighted by molar-refractivity contribution is -0.121. The Kier molecular flexibility index (Phi) is 6.07. The number of ketones is 1. The van der Waals surface area contributed by atoms with Gasteiger partial charge >= 0.3 is 0 Å². The van der Waals surface area contributed by atoms with Crippen LogP contribution in [-0.2, 0) is 4.79 Å². The van der Waals surface area contributed by atoms with E-state index in [1.807, 2.05) is 38.1 Å². The van der Waals surface area contributed by atoms with Crippen molar-refractivity contribution < 1.29 is 14.0 Å². The first-order chi connectivity index (χ1) is 11.5. The van der Waals surface area contributed by atoms with Crippen LogP contribution in [0.1, 0.15) is 35.7 Å². The Morgan fingerprint density at radius 1 is 1.00 bits per heavy atom. The van der Waals surface area contributed by atoms with Crippen molar-refractivity contribution in [3.63, 3.8) is 0 Å². The van der Waals surface area contributed by atoms with Crippen LogP contribution >= 0.6 is 0 Å². The minimum Gasteiger partial charge on any atom is -0.294 e. The van der Waals surface area contributed by atoms with E-state index < -0.39 is 0 Å². The van der Waals surface area contributed by atoms with Gasteiger partial charge in [-0.25, -0.2) is 4.39 Å². The van der Waals surface area contributed by atoms with E-state index in [2.05, 4.69) is 5.43 Å². The van der Waals surface area contributed by atoms with Crippen molar-refractivity contribution in [3.05, 3.63) is 65.5 Å². The van der Waals surface area contributed by atoms with Crippen LogP contribution in [0.25, 0.3) is 0 Å². The minimum absolute atomic E-state index is 0.0819. The maximum absolute atomic E-state index is 12.9. The zero-order valence-electron chi connectivity index (χ0n) is 13.9. The van der Waals surface area contributed by atoms with Gasteiger partial charge in [-0.1, -0.05) is 17.7 Å². The van der Waals surface area contributed by atoms with Crippen LogP contribution in [0.3, 0.4) is 0 Å². The van der Waals surface area contributed by atoms with Gasteiger partial charge in [0.05, 0.1) is 5.69 Å². The number of carbonyl (C=O) groups is 2. The Bertz CT molecular complexity index is 696. The van der Waals surface area contributed by atoms with Crippen LogP contribution in [0, 0.1) is 12.7 Å². The Labute approximate surface area is 141 Å². The first kappa shape index (κ1) is 17.7. The molecule has 1 amide bonds. The highest BCUT2D eigenvalue weighted by molar-refractivity contribution is 5.98. The normalized spacial score (nSPS) is 10.3. The van der Waals surface area contributed by atoms with Gasteiger partial charge in [0.2, 0.25) is 5.91 Å². The molecule has 0 aliphatic rings. The molecular weight excluding hydrogens is 307 g/mol. The molecule has 2 aromatic rings. The zero-order valence-corrected chi connectivity index (χ0v) is 13.9. The van der Waals surface area contributed by atoms with Crippen molar-refractivity contribution in [2.45, 2.75) is 26.7 Å². The molecular formula is C19H21FN2O2. The lowest BCUT2D eigenvalue weighted by atomic mass is 10.1. The summed E-state index contributed by atoms with van der Waals surface area (Å²) >= 11 is 0. The van der Waals surface area contributed by atoms with Crippen LogP contribution in [0.5, 0.6) is 0 Å². The van der Waals surface area contributed by atoms with Gasteiger partial charge in [-0.15, -0.1) is 0 Å². The third-order valence-electron chi connectivity index (χ3n) is 3.67. The summed E-state index contributed by atoms with van der Waals surface area (Å²) in [6, 6.07) is 13.2. The highest BCUT2D eigenvalue weighted by atomic mass is 19.1. The van der Waals surface area contributed by atoms with E-state index in [0.29, 0.717) is 12.1 Å². The second-order valence-electron chi connectivity index (χ2n) is 5.54. The fourth-order valence-electron chi connectivity index (χ4n) is 2.26. The molecule has 4 nitrogen and oxygen atoms in total. The van der Waals surface area contributed by atoms with Crippen LogP contribution in [-0.4, -0.2) is 18.2 Å². The molecule has 0 aliphatic heterocycles. The van der Waals surface area contributed by atoms with Crippen molar-refractivity contribution in [1.29, 1.82) is 0 Å². The summed E-state index contributed by atoms with van der Waals surface area (Å²) in [7, 11) is 0. The fraction of sp³-hybridized carbons (Fsp3) is 0.263. The van der Waals surface area contributed by atoms with Gasteiger partial charge in [0.25, 0.3) is 0 Å². The summed E-state index contributed by atoms with van der Waals surface area (Å²) in [4.78, 5) is 24.1. The number of hydrazine groups is 1. The van der Waals surface area contributed by atoms with Crippen LogP contribution in [0.4, 0.5) is 10.1 Å². The Morgan fingerprint density at radius 2 is 1.62 bits per heavy atom. The summed E-state index contributed by atoms with van der Waals surface area (Å²) in [5.41, 5.74) is 5.25. The molecule has 5 heteroatoms. The SMILES string of the molecule is CCN(NC(=O)CCC(=O)c1ccc(F)cc1)c1ccc(C)cc1. The van der Waals surface area contributed by atoms with E-state index in [0.717, 1.165) is 11.3 Å². The van der Waals surface area contributed by atoms with Gasteiger partial charge in [-0.3, -0.25) is 20.0 Å². The average molecular weight is 328 g/mol. The standard InChI is InChI=1S/C19H21FN2O2/c1-3-22(17-10-4-14(2)5-11-17)21-19(24)13-12-18(23)15-6-8-16(20)9-7-15/h4-11H,3,12-13H2,1-2H3,(H,21,24). The number of Topliss-reactive ketones (excluding diaryl/α,β-unsaturated/α-hetero) is 1. The number of anilines is 1. The molecule has 0 saturated carbocycles. The third-order valence-corrected chi connectivity index (χ3v) is 3.67. The Hall–Kier alpha value is -2.69. The summed E-state index contributed by atoms with van der Waals surface area (Å²) in [5.74, 6) is -0.794. The number of nitrogens with zero attached hydrogens (tertiary/aromatic N) is 1. The topological polar surface area (TPSA) is 49.4 Å². The van der Waals surface area contributed by atoms with E-state index in [1.165, 1.54) is 24.3 Å². The molecule has 0 aromatic heterocycles. The lowest BCUT2D eigenvalue weighted by Crippen LogP contribution is -2.42. The maximum Gasteiger partial charge on any atom is 0.238 e. The molecule has 2 aromatic carbocycles. The fourth-order valence-corrected chi connectivity index (χ4v) is 2.26. The number of halogens is 1. The number of rotatable bonds is 7. The second kappa shape index (κ2) is 8.24. The predicted octanol–water partition coefficient (Wildman–Crippen LogP) is 3.65. The average Bonchev–Trinajstić information content (AvgIpc) is 2.59. The number of nitrogens with one attached hydrogen (secondary N) is 1. The van der Waals surface area contributed by atoms with Crippen molar-refractivity contribution in [2.75, 3.05) is 11.6 Å². The molecule has 0 radical (unpaired) electrons. The van der Waals surface area contributed by atoms with Gasteiger partial charge in [0, 0.05) is 24.9 Å². The van der Waals surface area contributed by atoms with Crippen molar-refractivity contribution in [2.24, 2.45) is 0 Å². The number of hydrogen-bond donors (Lipinski definition) is 1. The summed E-state index contributed by atoms with van der Waals surface area (Å²) < 4.78 is 12.9. The predicted molar refractivity (Wildman–Crippen MR) is 92.3 cm³/mol. The van der Waals surface area contributed by atoms with Crippen LogP contribution < -0.4 is 10.4 Å². The molecule has 126 valence electrons. The molecule has 0 fully saturated rings. The van der Waals surface area contributed by atoms with Crippen LogP contribution in [0.15, 0.2) is 48.5 Å². The van der Waals surface area contributed by atoms with E-state index in [-0.39, 0.29) is 30.3 Å². The molecule has 0 spiro atoms. The summed E-state index contributed by atoms with van der Waals surface area (Å²) in [5, 5.41) is 1.74. The van der Waals surface area contributed by atoms with Crippen LogP contribution in [0.2, 0.25) is 0 Å². The van der Waals surface area contributed by atoms with Gasteiger partial charge < -0.3 is 0 Å². The summed E-state index contributed by atoms with van der Waals surface area (Å²) in [6.07, 6.45) is 0.168. The molecule has 24 heavy (non-hydrogen) atoms. The van der Waals surface area contributed by atoms with Gasteiger partial charge in [0.1, 0.15) is 5.82 Å². The summed E-state index contributed by atoms with van der Waals surface area (Å²) in [6.45, 7) is 4.55. The number of hydrogen-bond acceptors (Lipinski definition) is 3. The molecule has 0 unspecified atom stereocenters. The maximum atomic E-state index is 12.9. The smallest absolute Gasteiger partial charge is 0.238 e. The van der Waals surface area contributed by atoms with E-state index in [4.69, 9.17) is 0 Å². The van der Waals surface area contributed by atoms with Crippen molar-refractivity contribution in [1.82, 2.24) is 5.43 Å². The third kappa shape index (κ3) is 4.91. The Morgan fingerprint density at radius 3 is 2.21 bits per heavy atom. The highest BCUT2D eigenvalue weighted by Crippen LogP contribution is 2.13. The van der Waals surface area contributed by atoms with Gasteiger partial charge in [0.15, 0.2) is 5.78 Å². The molecule has 1 N–H and O–H groups in total. The number of benzene rings is 2. The number of aryl methyl sites for hydroxylation is 1. The zero-order chi connectivity index (χ0) is 17.5. The monoisotopic (exact) mass is 328 g/mol. The number of carbonyl (C=O) groups excluding carboxylic acids is 2. The molecule has 0 bridgehead atoms. The van der Waals surface area contributed by atoms with Crippen molar-refractivity contribution in [3.8, 4) is 0 Å². The lowest BCUT2D eigenvalue weighted by Gasteiger charge is -2.23. The molecule has 0 heterocycles. The first-order valence-electron chi connectivity index (χ1n) is 7.92. The Balaban J connectivity index is 1.88. The number of amides is 1. The van der Waals surface area contributed by atoms with Gasteiger partial charge in [-0.2, -0.15) is 0 Å². The molecule has 0 aliphatic carbocycles. The van der Waals surface area contributed by atoms with E-state index in [1.54, 1.807) is 5.01 Å². The van der Waals surface area contributed by atoms with Crippen molar-refractivity contribution >= 4 is 17.4 Å². The van der Waals surface area contributed by atoms with Gasteiger partial charge in [-0.05, 0) is 50.2 Å². The minimum atomic E-state index is -0.388. The molecule has 2 rings (SSSR count). The largest absolute Gasteiger partial charge is 0.294 e. The second-order valence-corrected chi connectivity index (χ2v) is 5.54. The van der Waals surface area contributed by atoms with E-state index in [9.17, 15) is 14.0 Å².